The molecule has 0 fully saturated rings. The summed E-state index contributed by atoms with van der Waals surface area (Å²) in [4.78, 5) is 38.1. The van der Waals surface area contributed by atoms with Gasteiger partial charge in [-0.2, -0.15) is 0 Å². The molecule has 2 aromatic rings. The Bertz CT molecular complexity index is 821. The first-order valence-corrected chi connectivity index (χ1v) is 8.99. The first-order valence-electron chi connectivity index (χ1n) is 8.00. The van der Waals surface area contributed by atoms with Crippen LogP contribution in [0.1, 0.15) is 33.6 Å². The van der Waals surface area contributed by atoms with Crippen LogP contribution in [0, 0.1) is 0 Å². The summed E-state index contributed by atoms with van der Waals surface area (Å²) in [5, 5.41) is 2.79. The molecule has 6 heteroatoms. The molecule has 0 unspecified atom stereocenters. The molecule has 3 amide bonds. The fourth-order valence-corrected chi connectivity index (χ4v) is 3.48. The molecule has 128 valence electrons. The third-order valence-electron chi connectivity index (χ3n) is 3.93. The van der Waals surface area contributed by atoms with Gasteiger partial charge in [-0.25, -0.2) is 0 Å². The van der Waals surface area contributed by atoms with Gasteiger partial charge in [0, 0.05) is 24.1 Å². The fourth-order valence-electron chi connectivity index (χ4n) is 2.60. The highest BCUT2D eigenvalue weighted by Crippen LogP contribution is 2.25. The lowest BCUT2D eigenvalue weighted by Crippen LogP contribution is -2.24. The Morgan fingerprint density at radius 2 is 1.76 bits per heavy atom. The number of nitrogens with one attached hydrogen (secondary N) is 1. The van der Waals surface area contributed by atoms with Gasteiger partial charge in [0.05, 0.1) is 11.1 Å². The number of carbonyl (C=O) groups is 3. The van der Waals surface area contributed by atoms with E-state index in [0.29, 0.717) is 23.2 Å². The SMILES string of the molecule is CN1C(=O)c2ccc(NC(=O)CCCSc3ccccc3)cc2C1=O. The number of benzene rings is 2. The Balaban J connectivity index is 1.50. The molecule has 0 saturated heterocycles. The van der Waals surface area contributed by atoms with Crippen LogP contribution in [-0.4, -0.2) is 35.4 Å². The summed E-state index contributed by atoms with van der Waals surface area (Å²) in [5.41, 5.74) is 1.26. The van der Waals surface area contributed by atoms with E-state index in [1.54, 1.807) is 30.0 Å². The van der Waals surface area contributed by atoms with E-state index in [1.165, 1.54) is 11.9 Å². The molecule has 0 saturated carbocycles. The average Bonchev–Trinajstić information content (AvgIpc) is 2.84. The van der Waals surface area contributed by atoms with E-state index in [0.717, 1.165) is 17.1 Å². The van der Waals surface area contributed by atoms with Crippen LogP contribution in [0.5, 0.6) is 0 Å². The second kappa shape index (κ2) is 7.53. The minimum absolute atomic E-state index is 0.0984. The zero-order valence-electron chi connectivity index (χ0n) is 13.8. The highest BCUT2D eigenvalue weighted by molar-refractivity contribution is 7.99. The van der Waals surface area contributed by atoms with Gasteiger partial charge in [0.25, 0.3) is 11.8 Å². The van der Waals surface area contributed by atoms with Crippen LogP contribution in [0.25, 0.3) is 0 Å². The molecule has 25 heavy (non-hydrogen) atoms. The maximum atomic E-state index is 12.1. The Morgan fingerprint density at radius 1 is 1.04 bits per heavy atom. The highest BCUT2D eigenvalue weighted by Gasteiger charge is 2.32. The normalized spacial score (nSPS) is 13.1. The molecule has 0 radical (unpaired) electrons. The summed E-state index contributed by atoms with van der Waals surface area (Å²) in [6, 6.07) is 14.9. The van der Waals surface area contributed by atoms with Gasteiger partial charge in [-0.15, -0.1) is 11.8 Å². The van der Waals surface area contributed by atoms with Gasteiger partial charge < -0.3 is 5.32 Å². The number of thioether (sulfide) groups is 1. The predicted octanol–water partition coefficient (Wildman–Crippen LogP) is 3.42. The summed E-state index contributed by atoms with van der Waals surface area (Å²) in [6.45, 7) is 0. The van der Waals surface area contributed by atoms with Crippen LogP contribution in [0.15, 0.2) is 53.4 Å². The van der Waals surface area contributed by atoms with E-state index < -0.39 is 0 Å². The Kier molecular flexibility index (Phi) is 5.19. The minimum Gasteiger partial charge on any atom is -0.326 e. The highest BCUT2D eigenvalue weighted by atomic mass is 32.2. The monoisotopic (exact) mass is 354 g/mol. The lowest BCUT2D eigenvalue weighted by Gasteiger charge is -2.06. The third-order valence-corrected chi connectivity index (χ3v) is 5.03. The number of carbonyl (C=O) groups excluding carboxylic acids is 3. The Morgan fingerprint density at radius 3 is 2.52 bits per heavy atom. The fraction of sp³-hybridized carbons (Fsp3) is 0.211. The van der Waals surface area contributed by atoms with Crippen LogP contribution < -0.4 is 5.32 Å². The smallest absolute Gasteiger partial charge is 0.261 e. The van der Waals surface area contributed by atoms with E-state index in [4.69, 9.17) is 0 Å². The van der Waals surface area contributed by atoms with Crippen molar-refractivity contribution in [2.24, 2.45) is 0 Å². The van der Waals surface area contributed by atoms with E-state index in [2.05, 4.69) is 5.32 Å². The Labute approximate surface area is 150 Å². The summed E-state index contributed by atoms with van der Waals surface area (Å²) < 4.78 is 0. The van der Waals surface area contributed by atoms with Crippen molar-refractivity contribution in [2.45, 2.75) is 17.7 Å². The van der Waals surface area contributed by atoms with E-state index in [9.17, 15) is 14.4 Å². The third kappa shape index (κ3) is 3.91. The van der Waals surface area contributed by atoms with Crippen molar-refractivity contribution >= 4 is 35.2 Å². The molecule has 1 heterocycles. The van der Waals surface area contributed by atoms with Crippen molar-refractivity contribution < 1.29 is 14.4 Å². The van der Waals surface area contributed by atoms with Gasteiger partial charge in [0.2, 0.25) is 5.91 Å². The molecule has 0 spiro atoms. The van der Waals surface area contributed by atoms with Gasteiger partial charge >= 0.3 is 0 Å². The zero-order chi connectivity index (χ0) is 17.8. The standard InChI is InChI=1S/C19H18N2O3S/c1-21-18(23)15-10-9-13(12-16(15)19(21)24)20-17(22)8-5-11-25-14-6-3-2-4-7-14/h2-4,6-7,9-10,12H,5,8,11H2,1H3,(H,20,22). The van der Waals surface area contributed by atoms with E-state index >= 15 is 0 Å². The zero-order valence-corrected chi connectivity index (χ0v) is 14.6. The number of hydrogen-bond donors (Lipinski definition) is 1. The first kappa shape index (κ1) is 17.2. The molecular formula is C19H18N2O3S. The second-order valence-corrected chi connectivity index (χ2v) is 6.91. The van der Waals surface area contributed by atoms with Crippen LogP contribution in [0.4, 0.5) is 5.69 Å². The Hall–Kier alpha value is -2.60. The molecule has 2 aromatic carbocycles. The van der Waals surface area contributed by atoms with Gasteiger partial charge in [-0.05, 0) is 42.5 Å². The van der Waals surface area contributed by atoms with Gasteiger partial charge in [0.1, 0.15) is 0 Å². The minimum atomic E-state index is -0.338. The van der Waals surface area contributed by atoms with Crippen molar-refractivity contribution in [2.75, 3.05) is 18.1 Å². The van der Waals surface area contributed by atoms with Crippen molar-refractivity contribution in [3.05, 3.63) is 59.7 Å². The maximum Gasteiger partial charge on any atom is 0.261 e. The molecule has 0 bridgehead atoms. The topological polar surface area (TPSA) is 66.5 Å². The number of amides is 3. The van der Waals surface area contributed by atoms with Crippen LogP contribution in [0.3, 0.4) is 0 Å². The predicted molar refractivity (Wildman–Crippen MR) is 97.9 cm³/mol. The summed E-state index contributed by atoms with van der Waals surface area (Å²) >= 11 is 1.72. The van der Waals surface area contributed by atoms with Crippen molar-refractivity contribution in [1.29, 1.82) is 0 Å². The number of rotatable bonds is 6. The summed E-state index contributed by atoms with van der Waals surface area (Å²) in [7, 11) is 1.45. The lowest BCUT2D eigenvalue weighted by molar-refractivity contribution is -0.116. The largest absolute Gasteiger partial charge is 0.326 e. The molecule has 1 N–H and O–H groups in total. The van der Waals surface area contributed by atoms with Crippen LogP contribution in [0.2, 0.25) is 0 Å². The van der Waals surface area contributed by atoms with Gasteiger partial charge in [0.15, 0.2) is 0 Å². The van der Waals surface area contributed by atoms with Crippen molar-refractivity contribution in [3.63, 3.8) is 0 Å². The lowest BCUT2D eigenvalue weighted by atomic mass is 10.1. The molecule has 1 aliphatic heterocycles. The van der Waals surface area contributed by atoms with Crippen molar-refractivity contribution in [3.8, 4) is 0 Å². The quantitative estimate of drug-likeness (QED) is 0.490. The molecule has 0 atom stereocenters. The van der Waals surface area contributed by atoms with Crippen LogP contribution >= 0.6 is 11.8 Å². The van der Waals surface area contributed by atoms with Gasteiger partial charge in [-0.3, -0.25) is 19.3 Å². The maximum absolute atomic E-state index is 12.1. The first-order chi connectivity index (χ1) is 12.1. The number of nitrogens with zero attached hydrogens (tertiary/aromatic N) is 1. The summed E-state index contributed by atoms with van der Waals surface area (Å²) in [6.07, 6.45) is 1.17. The average molecular weight is 354 g/mol. The summed E-state index contributed by atoms with van der Waals surface area (Å²) in [5.74, 6) is 0.115. The van der Waals surface area contributed by atoms with E-state index in [-0.39, 0.29) is 17.7 Å². The molecule has 0 aliphatic carbocycles. The second-order valence-electron chi connectivity index (χ2n) is 5.74. The van der Waals surface area contributed by atoms with Crippen molar-refractivity contribution in [1.82, 2.24) is 4.90 Å². The van der Waals surface area contributed by atoms with E-state index in [1.807, 2.05) is 30.3 Å². The molecular weight excluding hydrogens is 336 g/mol. The molecule has 5 nitrogen and oxygen atoms in total. The van der Waals surface area contributed by atoms with Gasteiger partial charge in [-0.1, -0.05) is 18.2 Å². The van der Waals surface area contributed by atoms with Crippen LogP contribution in [-0.2, 0) is 4.79 Å². The number of anilines is 1. The number of hydrogen-bond acceptors (Lipinski definition) is 4. The number of fused-ring (bicyclic) bond motifs is 1. The number of imide groups is 1. The molecule has 0 aromatic heterocycles. The molecule has 3 rings (SSSR count). The molecule has 1 aliphatic rings.